The maximum absolute atomic E-state index is 12.1. The summed E-state index contributed by atoms with van der Waals surface area (Å²) in [6.45, 7) is 4.49. The SMILES string of the molecule is CCC(=O)N1[C@@H]2CC[C@H]1CN(C/C=C/c1ccc(Cl)c([N+](=O)[O-])c1)C2. The summed E-state index contributed by atoms with van der Waals surface area (Å²) in [5.74, 6) is 0.260. The third-order valence-corrected chi connectivity index (χ3v) is 5.31. The van der Waals surface area contributed by atoms with E-state index < -0.39 is 4.92 Å². The number of nitro benzene ring substituents is 1. The summed E-state index contributed by atoms with van der Waals surface area (Å²) in [6, 6.07) is 5.47. The molecule has 0 aliphatic carbocycles. The van der Waals surface area contributed by atoms with Crippen LogP contribution in [0.4, 0.5) is 5.69 Å². The Morgan fingerprint density at radius 2 is 2.04 bits per heavy atom. The third kappa shape index (κ3) is 3.85. The summed E-state index contributed by atoms with van der Waals surface area (Å²) < 4.78 is 0. The lowest BCUT2D eigenvalue weighted by Crippen LogP contribution is -2.55. The molecule has 2 saturated heterocycles. The Hall–Kier alpha value is -1.92. The van der Waals surface area contributed by atoms with Gasteiger partial charge in [-0.05, 0) is 24.5 Å². The van der Waals surface area contributed by atoms with Crippen molar-refractivity contribution in [3.63, 3.8) is 0 Å². The van der Waals surface area contributed by atoms with Gasteiger partial charge in [0.25, 0.3) is 5.69 Å². The average molecular weight is 364 g/mol. The number of nitro groups is 1. The van der Waals surface area contributed by atoms with Gasteiger partial charge in [-0.2, -0.15) is 0 Å². The van der Waals surface area contributed by atoms with Crippen LogP contribution in [0.25, 0.3) is 6.08 Å². The molecule has 134 valence electrons. The first-order chi connectivity index (χ1) is 12.0. The largest absolute Gasteiger partial charge is 0.334 e. The highest BCUT2D eigenvalue weighted by atomic mass is 35.5. The van der Waals surface area contributed by atoms with E-state index in [-0.39, 0.29) is 16.6 Å². The van der Waals surface area contributed by atoms with Gasteiger partial charge < -0.3 is 4.90 Å². The van der Waals surface area contributed by atoms with E-state index in [9.17, 15) is 14.9 Å². The molecule has 1 aromatic carbocycles. The van der Waals surface area contributed by atoms with Crippen molar-refractivity contribution < 1.29 is 9.72 Å². The fraction of sp³-hybridized carbons (Fsp3) is 0.500. The van der Waals surface area contributed by atoms with Crippen molar-refractivity contribution >= 4 is 29.3 Å². The lowest BCUT2D eigenvalue weighted by Gasteiger charge is -2.40. The molecule has 2 bridgehead atoms. The molecule has 2 aliphatic rings. The molecular weight excluding hydrogens is 342 g/mol. The van der Waals surface area contributed by atoms with Crippen molar-refractivity contribution in [2.45, 2.75) is 38.3 Å². The van der Waals surface area contributed by atoms with Crippen LogP contribution in [-0.2, 0) is 4.79 Å². The molecule has 0 unspecified atom stereocenters. The second kappa shape index (κ2) is 7.54. The topological polar surface area (TPSA) is 66.7 Å². The number of likely N-dealkylation sites (tertiary alicyclic amines) is 1. The lowest BCUT2D eigenvalue weighted by atomic mass is 10.1. The van der Waals surface area contributed by atoms with E-state index in [4.69, 9.17) is 11.6 Å². The Bertz CT molecular complexity index is 693. The minimum Gasteiger partial charge on any atom is -0.334 e. The van der Waals surface area contributed by atoms with E-state index in [2.05, 4.69) is 9.80 Å². The molecule has 2 fully saturated rings. The third-order valence-electron chi connectivity index (χ3n) is 4.99. The van der Waals surface area contributed by atoms with E-state index in [1.807, 2.05) is 19.1 Å². The van der Waals surface area contributed by atoms with Crippen molar-refractivity contribution in [3.8, 4) is 0 Å². The number of fused-ring (bicyclic) bond motifs is 2. The molecule has 2 atom stereocenters. The van der Waals surface area contributed by atoms with Gasteiger partial charge in [0.1, 0.15) is 5.02 Å². The average Bonchev–Trinajstić information content (AvgIpc) is 2.86. The lowest BCUT2D eigenvalue weighted by molar-refractivity contribution is -0.384. The van der Waals surface area contributed by atoms with Crippen molar-refractivity contribution in [2.75, 3.05) is 19.6 Å². The fourth-order valence-electron chi connectivity index (χ4n) is 3.84. The van der Waals surface area contributed by atoms with Gasteiger partial charge in [0.2, 0.25) is 5.91 Å². The Morgan fingerprint density at radius 1 is 1.36 bits per heavy atom. The Kier molecular flexibility index (Phi) is 5.39. The molecule has 0 saturated carbocycles. The van der Waals surface area contributed by atoms with Gasteiger partial charge in [-0.3, -0.25) is 19.8 Å². The van der Waals surface area contributed by atoms with Gasteiger partial charge in [0.15, 0.2) is 0 Å². The van der Waals surface area contributed by atoms with E-state index in [0.717, 1.165) is 38.0 Å². The van der Waals surface area contributed by atoms with Crippen LogP contribution in [0.1, 0.15) is 31.7 Å². The fourth-order valence-corrected chi connectivity index (χ4v) is 4.03. The summed E-state index contributed by atoms with van der Waals surface area (Å²) >= 11 is 5.83. The van der Waals surface area contributed by atoms with Gasteiger partial charge in [-0.1, -0.05) is 36.7 Å². The van der Waals surface area contributed by atoms with E-state index in [1.165, 1.54) is 6.07 Å². The maximum Gasteiger partial charge on any atom is 0.288 e. The minimum absolute atomic E-state index is 0.0754. The molecule has 7 heteroatoms. The number of carbonyl (C=O) groups is 1. The predicted molar refractivity (Wildman–Crippen MR) is 97.5 cm³/mol. The highest BCUT2D eigenvalue weighted by Crippen LogP contribution is 2.31. The number of carbonyl (C=O) groups excluding carboxylic acids is 1. The molecule has 1 amide bonds. The molecular formula is C18H22ClN3O3. The first kappa shape index (κ1) is 17.9. The van der Waals surface area contributed by atoms with Crippen LogP contribution in [0.3, 0.4) is 0 Å². The number of benzene rings is 1. The molecule has 25 heavy (non-hydrogen) atoms. The summed E-state index contributed by atoms with van der Waals surface area (Å²) in [7, 11) is 0. The smallest absolute Gasteiger partial charge is 0.288 e. The quantitative estimate of drug-likeness (QED) is 0.594. The normalized spacial score (nSPS) is 23.4. The summed E-state index contributed by atoms with van der Waals surface area (Å²) in [5.41, 5.74) is 0.687. The van der Waals surface area contributed by atoms with Crippen LogP contribution >= 0.6 is 11.6 Å². The number of piperazine rings is 1. The number of amides is 1. The molecule has 0 radical (unpaired) electrons. The van der Waals surface area contributed by atoms with Crippen LogP contribution in [0, 0.1) is 10.1 Å². The first-order valence-corrected chi connectivity index (χ1v) is 9.01. The monoisotopic (exact) mass is 363 g/mol. The zero-order valence-corrected chi connectivity index (χ0v) is 15.0. The summed E-state index contributed by atoms with van der Waals surface area (Å²) in [6.07, 6.45) is 6.64. The molecule has 2 heterocycles. The second-order valence-corrected chi connectivity index (χ2v) is 7.04. The summed E-state index contributed by atoms with van der Waals surface area (Å²) in [4.78, 5) is 27.0. The zero-order valence-electron chi connectivity index (χ0n) is 14.2. The predicted octanol–water partition coefficient (Wildman–Crippen LogP) is 3.35. The Labute approximate surface area is 152 Å². The molecule has 1 aromatic rings. The molecule has 0 aromatic heterocycles. The molecule has 3 rings (SSSR count). The van der Waals surface area contributed by atoms with Crippen LogP contribution in [0.5, 0.6) is 0 Å². The minimum atomic E-state index is -0.471. The maximum atomic E-state index is 12.1. The number of rotatable bonds is 5. The highest BCUT2D eigenvalue weighted by molar-refractivity contribution is 6.32. The van der Waals surface area contributed by atoms with Gasteiger partial charge >= 0.3 is 0 Å². The first-order valence-electron chi connectivity index (χ1n) is 8.63. The van der Waals surface area contributed by atoms with Gasteiger partial charge in [0, 0.05) is 44.2 Å². The molecule has 0 spiro atoms. The number of halogens is 1. The highest BCUT2D eigenvalue weighted by Gasteiger charge is 2.41. The van der Waals surface area contributed by atoms with Gasteiger partial charge in [0.05, 0.1) is 4.92 Å². The molecule has 2 aliphatic heterocycles. The Morgan fingerprint density at radius 3 is 2.64 bits per heavy atom. The molecule has 6 nitrogen and oxygen atoms in total. The summed E-state index contributed by atoms with van der Waals surface area (Å²) in [5, 5.41) is 11.1. The van der Waals surface area contributed by atoms with Crippen molar-refractivity contribution in [2.24, 2.45) is 0 Å². The number of nitrogens with zero attached hydrogens (tertiary/aromatic N) is 3. The standard InChI is InChI=1S/C18H22ClN3O3/c1-2-18(23)21-14-6-7-15(21)12-20(11-14)9-3-4-13-5-8-16(19)17(10-13)22(24)25/h3-5,8,10,14-15H,2,6-7,9,11-12H2,1H3/b4-3+/t14-,15+. The number of hydrogen-bond acceptors (Lipinski definition) is 4. The molecule has 0 N–H and O–H groups in total. The number of hydrogen-bond donors (Lipinski definition) is 0. The zero-order chi connectivity index (χ0) is 18.0. The van der Waals surface area contributed by atoms with E-state index >= 15 is 0 Å². The van der Waals surface area contributed by atoms with Crippen molar-refractivity contribution in [1.82, 2.24) is 9.80 Å². The van der Waals surface area contributed by atoms with Crippen LogP contribution in [0.2, 0.25) is 5.02 Å². The van der Waals surface area contributed by atoms with Crippen molar-refractivity contribution in [1.29, 1.82) is 0 Å². The van der Waals surface area contributed by atoms with Crippen LogP contribution < -0.4 is 0 Å². The van der Waals surface area contributed by atoms with Crippen molar-refractivity contribution in [3.05, 3.63) is 45.0 Å². The van der Waals surface area contributed by atoms with Gasteiger partial charge in [-0.25, -0.2) is 0 Å². The van der Waals surface area contributed by atoms with Crippen LogP contribution in [-0.4, -0.2) is 52.3 Å². The second-order valence-electron chi connectivity index (χ2n) is 6.63. The van der Waals surface area contributed by atoms with E-state index in [1.54, 1.807) is 12.1 Å². The van der Waals surface area contributed by atoms with Gasteiger partial charge in [-0.15, -0.1) is 0 Å². The Balaban J connectivity index is 1.60. The van der Waals surface area contributed by atoms with E-state index in [0.29, 0.717) is 18.5 Å². The van der Waals surface area contributed by atoms with Crippen LogP contribution in [0.15, 0.2) is 24.3 Å².